The van der Waals surface area contributed by atoms with E-state index in [2.05, 4.69) is 40.0 Å². The molecule has 1 aliphatic heterocycles. The quantitative estimate of drug-likeness (QED) is 0.694. The van der Waals surface area contributed by atoms with Crippen molar-refractivity contribution in [1.82, 2.24) is 10.3 Å². The van der Waals surface area contributed by atoms with Gasteiger partial charge in [0.25, 0.3) is 0 Å². The molecule has 2 aromatic rings. The zero-order valence-electron chi connectivity index (χ0n) is 13.6. The number of anilines is 1. The van der Waals surface area contributed by atoms with Crippen molar-refractivity contribution in [2.75, 3.05) is 31.1 Å². The number of nitrogens with zero attached hydrogens (tertiary/aromatic N) is 3. The van der Waals surface area contributed by atoms with Crippen molar-refractivity contribution in [3.05, 3.63) is 67.0 Å². The fourth-order valence-electron chi connectivity index (χ4n) is 3.02. The smallest absolute Gasteiger partial charge is 0.0912 e. The molecule has 24 heavy (non-hydrogen) atoms. The van der Waals surface area contributed by atoms with Crippen molar-refractivity contribution in [3.8, 4) is 6.07 Å². The van der Waals surface area contributed by atoms with Gasteiger partial charge < -0.3 is 10.2 Å². The zero-order chi connectivity index (χ0) is 16.8. The SMILES string of the molecule is C=CC=C(C=CC#N)c1cc(N2CCNCC2)c2cnccc2c1. The predicted molar refractivity (Wildman–Crippen MR) is 99.8 cm³/mol. The molecule has 3 rings (SSSR count). The van der Waals surface area contributed by atoms with Gasteiger partial charge in [-0.25, -0.2) is 0 Å². The van der Waals surface area contributed by atoms with Crippen LogP contribution in [0.4, 0.5) is 5.69 Å². The topological polar surface area (TPSA) is 52.0 Å². The molecule has 1 aromatic carbocycles. The minimum Gasteiger partial charge on any atom is -0.368 e. The summed E-state index contributed by atoms with van der Waals surface area (Å²) in [6.45, 7) is 7.70. The van der Waals surface area contributed by atoms with E-state index in [0.29, 0.717) is 0 Å². The largest absolute Gasteiger partial charge is 0.368 e. The number of fused-ring (bicyclic) bond motifs is 1. The van der Waals surface area contributed by atoms with Crippen LogP contribution in [0.5, 0.6) is 0 Å². The van der Waals surface area contributed by atoms with Crippen LogP contribution in [0.3, 0.4) is 0 Å². The van der Waals surface area contributed by atoms with Crippen molar-refractivity contribution < 1.29 is 0 Å². The molecule has 4 heteroatoms. The lowest BCUT2D eigenvalue weighted by molar-refractivity contribution is 0.590. The van der Waals surface area contributed by atoms with Crippen LogP contribution >= 0.6 is 0 Å². The van der Waals surface area contributed by atoms with Gasteiger partial charge in [0, 0.05) is 55.7 Å². The molecule has 0 aliphatic carbocycles. The standard InChI is InChI=1S/C20H20N4/c1-2-4-16(5-3-7-21)18-13-17-6-8-23-15-19(17)20(14-18)24-11-9-22-10-12-24/h2-6,8,13-15,22H,1,9-12H2. The lowest BCUT2D eigenvalue weighted by atomic mass is 9.99. The minimum atomic E-state index is 0.974. The Morgan fingerprint density at radius 2 is 2.17 bits per heavy atom. The number of nitrogens with one attached hydrogen (secondary N) is 1. The van der Waals surface area contributed by atoms with Crippen molar-refractivity contribution in [2.45, 2.75) is 0 Å². The van der Waals surface area contributed by atoms with E-state index >= 15 is 0 Å². The van der Waals surface area contributed by atoms with Crippen LogP contribution in [-0.2, 0) is 0 Å². The van der Waals surface area contributed by atoms with Crippen LogP contribution in [0.2, 0.25) is 0 Å². The maximum Gasteiger partial charge on any atom is 0.0912 e. The summed E-state index contributed by atoms with van der Waals surface area (Å²) in [6.07, 6.45) is 10.7. The number of rotatable bonds is 4. The van der Waals surface area contributed by atoms with Crippen LogP contribution in [0.15, 0.2) is 61.5 Å². The summed E-state index contributed by atoms with van der Waals surface area (Å²) in [6, 6.07) is 8.41. The van der Waals surface area contributed by atoms with Crippen molar-refractivity contribution in [1.29, 1.82) is 5.26 Å². The molecular formula is C20H20N4. The Morgan fingerprint density at radius 3 is 2.92 bits per heavy atom. The van der Waals surface area contributed by atoms with Gasteiger partial charge in [0.05, 0.1) is 6.07 Å². The van der Waals surface area contributed by atoms with Crippen LogP contribution in [0.1, 0.15) is 5.56 Å². The van der Waals surface area contributed by atoms with Gasteiger partial charge in [-0.1, -0.05) is 18.7 Å². The zero-order valence-corrected chi connectivity index (χ0v) is 13.6. The van der Waals surface area contributed by atoms with Gasteiger partial charge in [-0.15, -0.1) is 0 Å². The monoisotopic (exact) mass is 316 g/mol. The number of nitriles is 1. The lowest BCUT2D eigenvalue weighted by Crippen LogP contribution is -2.43. The molecule has 0 atom stereocenters. The number of hydrogen-bond donors (Lipinski definition) is 1. The molecule has 4 nitrogen and oxygen atoms in total. The first-order valence-corrected chi connectivity index (χ1v) is 8.06. The summed E-state index contributed by atoms with van der Waals surface area (Å²) in [5.74, 6) is 0. The summed E-state index contributed by atoms with van der Waals surface area (Å²) < 4.78 is 0. The lowest BCUT2D eigenvalue weighted by Gasteiger charge is -2.31. The number of hydrogen-bond acceptors (Lipinski definition) is 4. The highest BCUT2D eigenvalue weighted by molar-refractivity contribution is 5.97. The molecular weight excluding hydrogens is 296 g/mol. The third kappa shape index (κ3) is 3.37. The van der Waals surface area contributed by atoms with Gasteiger partial charge in [-0.2, -0.15) is 5.26 Å². The highest BCUT2D eigenvalue weighted by Crippen LogP contribution is 2.31. The average Bonchev–Trinajstić information content (AvgIpc) is 2.65. The third-order valence-corrected chi connectivity index (χ3v) is 4.16. The Hall–Kier alpha value is -2.90. The molecule has 1 aromatic heterocycles. The first kappa shape index (κ1) is 16.0. The second kappa shape index (κ2) is 7.58. The third-order valence-electron chi connectivity index (χ3n) is 4.16. The summed E-state index contributed by atoms with van der Waals surface area (Å²) in [4.78, 5) is 6.69. The van der Waals surface area contributed by atoms with Gasteiger partial charge in [0.1, 0.15) is 0 Å². The van der Waals surface area contributed by atoms with Gasteiger partial charge in [-0.05, 0) is 40.8 Å². The molecule has 1 aliphatic rings. The van der Waals surface area contributed by atoms with Gasteiger partial charge in [0.15, 0.2) is 0 Å². The van der Waals surface area contributed by atoms with E-state index in [-0.39, 0.29) is 0 Å². The summed E-state index contributed by atoms with van der Waals surface area (Å²) >= 11 is 0. The molecule has 0 unspecified atom stereocenters. The number of piperazine rings is 1. The molecule has 0 spiro atoms. The Kier molecular flexibility index (Phi) is 5.05. The van der Waals surface area contributed by atoms with E-state index < -0.39 is 0 Å². The van der Waals surface area contributed by atoms with Gasteiger partial charge >= 0.3 is 0 Å². The Labute approximate surface area is 142 Å². The van der Waals surface area contributed by atoms with Gasteiger partial charge in [0.2, 0.25) is 0 Å². The maximum atomic E-state index is 8.85. The summed E-state index contributed by atoms with van der Waals surface area (Å²) in [7, 11) is 0. The molecule has 2 heterocycles. The minimum absolute atomic E-state index is 0.974. The van der Waals surface area contributed by atoms with Gasteiger partial charge in [-0.3, -0.25) is 4.98 Å². The fraction of sp³-hybridized carbons (Fsp3) is 0.200. The highest BCUT2D eigenvalue weighted by Gasteiger charge is 2.15. The number of allylic oxidation sites excluding steroid dienone is 5. The van der Waals surface area contributed by atoms with Crippen LogP contribution in [0.25, 0.3) is 16.3 Å². The first-order chi connectivity index (χ1) is 11.8. The van der Waals surface area contributed by atoms with Crippen LogP contribution in [-0.4, -0.2) is 31.2 Å². The molecule has 1 fully saturated rings. The predicted octanol–water partition coefficient (Wildman–Crippen LogP) is 3.29. The molecule has 1 saturated heterocycles. The molecule has 0 bridgehead atoms. The average molecular weight is 316 g/mol. The van der Waals surface area contributed by atoms with Crippen LogP contribution < -0.4 is 10.2 Å². The molecule has 0 saturated carbocycles. The van der Waals surface area contributed by atoms with Crippen molar-refractivity contribution in [3.63, 3.8) is 0 Å². The number of pyridine rings is 1. The summed E-state index contributed by atoms with van der Waals surface area (Å²) in [5.41, 5.74) is 3.24. The number of aromatic nitrogens is 1. The Morgan fingerprint density at radius 1 is 1.33 bits per heavy atom. The van der Waals surface area contributed by atoms with Crippen molar-refractivity contribution in [2.24, 2.45) is 0 Å². The van der Waals surface area contributed by atoms with Crippen LogP contribution in [0, 0.1) is 11.3 Å². The molecule has 120 valence electrons. The molecule has 0 amide bonds. The fourth-order valence-corrected chi connectivity index (χ4v) is 3.02. The van der Waals surface area contributed by atoms with E-state index in [1.54, 1.807) is 6.08 Å². The second-order valence-electron chi connectivity index (χ2n) is 5.65. The Bertz CT molecular complexity index is 836. The van der Waals surface area contributed by atoms with E-state index in [1.165, 1.54) is 11.8 Å². The highest BCUT2D eigenvalue weighted by atomic mass is 15.2. The van der Waals surface area contributed by atoms with E-state index in [1.807, 2.05) is 30.6 Å². The Balaban J connectivity index is 2.15. The first-order valence-electron chi connectivity index (χ1n) is 8.06. The van der Waals surface area contributed by atoms with E-state index in [4.69, 9.17) is 5.26 Å². The second-order valence-corrected chi connectivity index (χ2v) is 5.65. The number of benzene rings is 1. The normalized spacial score (nSPS) is 15.6. The molecule has 0 radical (unpaired) electrons. The van der Waals surface area contributed by atoms with E-state index in [0.717, 1.165) is 48.1 Å². The van der Waals surface area contributed by atoms with E-state index in [9.17, 15) is 0 Å². The summed E-state index contributed by atoms with van der Waals surface area (Å²) in [5, 5.41) is 14.5. The van der Waals surface area contributed by atoms with Crippen molar-refractivity contribution >= 4 is 22.0 Å². The molecule has 1 N–H and O–H groups in total. The maximum absolute atomic E-state index is 8.85.